The molecule has 138 valence electrons. The molecule has 2 aliphatic rings. The maximum atomic E-state index is 12.6. The van der Waals surface area contributed by atoms with Crippen molar-refractivity contribution in [3.8, 4) is 5.75 Å². The zero-order valence-corrected chi connectivity index (χ0v) is 15.1. The second-order valence-corrected chi connectivity index (χ2v) is 6.99. The lowest BCUT2D eigenvalue weighted by Gasteiger charge is -2.28. The van der Waals surface area contributed by atoms with Crippen LogP contribution in [0.4, 0.5) is 0 Å². The highest BCUT2D eigenvalue weighted by Crippen LogP contribution is 2.40. The van der Waals surface area contributed by atoms with Gasteiger partial charge in [0.1, 0.15) is 11.9 Å². The second-order valence-electron chi connectivity index (χ2n) is 6.99. The van der Waals surface area contributed by atoms with Gasteiger partial charge in [-0.3, -0.25) is 4.79 Å². The number of carbonyl (C=O) groups excluding carboxylic acids is 1. The van der Waals surface area contributed by atoms with Crippen LogP contribution in [-0.4, -0.2) is 17.0 Å². The molecule has 1 N–H and O–H groups in total. The van der Waals surface area contributed by atoms with Gasteiger partial charge in [-0.05, 0) is 28.5 Å². The van der Waals surface area contributed by atoms with Crippen LogP contribution in [0, 0.1) is 0 Å². The predicted octanol–water partition coefficient (Wildman–Crippen LogP) is 4.64. The van der Waals surface area contributed by atoms with E-state index in [-0.39, 0.29) is 11.5 Å². The minimum atomic E-state index is -0.820. The highest BCUT2D eigenvalue weighted by Gasteiger charge is 2.35. The van der Waals surface area contributed by atoms with Crippen LogP contribution in [-0.2, 0) is 22.6 Å². The van der Waals surface area contributed by atoms with E-state index in [4.69, 9.17) is 9.47 Å². The fourth-order valence-electron chi connectivity index (χ4n) is 3.76. The van der Waals surface area contributed by atoms with Gasteiger partial charge in [0, 0.05) is 17.6 Å². The molecule has 0 amide bonds. The third kappa shape index (κ3) is 2.79. The van der Waals surface area contributed by atoms with Crippen LogP contribution in [0.25, 0.3) is 10.8 Å². The van der Waals surface area contributed by atoms with E-state index in [1.807, 2.05) is 54.6 Å². The number of allylic oxidation sites excluding steroid dienone is 1. The first-order chi connectivity index (χ1) is 13.7. The SMILES string of the molecule is O=C1C(O)=C2Oc3ccc4ccccc4c3CC2=CC1OCc1ccccc1. The molecule has 4 nitrogen and oxygen atoms in total. The fraction of sp³-hybridized carbons (Fsp3) is 0.125. The Morgan fingerprint density at radius 2 is 1.79 bits per heavy atom. The van der Waals surface area contributed by atoms with E-state index < -0.39 is 11.9 Å². The van der Waals surface area contributed by atoms with Crippen molar-refractivity contribution in [3.05, 3.63) is 101 Å². The molecule has 1 heterocycles. The summed E-state index contributed by atoms with van der Waals surface area (Å²) < 4.78 is 11.7. The van der Waals surface area contributed by atoms with Gasteiger partial charge in [0.25, 0.3) is 0 Å². The summed E-state index contributed by atoms with van der Waals surface area (Å²) in [7, 11) is 0. The molecule has 3 aromatic rings. The summed E-state index contributed by atoms with van der Waals surface area (Å²) in [5.74, 6) is 0.0782. The standard InChI is InChI=1S/C24H18O4/c25-22-21(27-14-15-6-2-1-3-7-15)13-17-12-19-18-9-5-4-8-16(18)10-11-20(19)28-24(17)23(22)26/h1-11,13,21,26H,12,14H2. The number of ketones is 1. The zero-order chi connectivity index (χ0) is 19.1. The Morgan fingerprint density at radius 1 is 1.00 bits per heavy atom. The summed E-state index contributed by atoms with van der Waals surface area (Å²) in [6, 6.07) is 21.6. The molecule has 28 heavy (non-hydrogen) atoms. The first kappa shape index (κ1) is 16.8. The first-order valence-electron chi connectivity index (χ1n) is 9.23. The molecule has 1 aliphatic carbocycles. The van der Waals surface area contributed by atoms with Crippen molar-refractivity contribution in [1.82, 2.24) is 0 Å². The van der Waals surface area contributed by atoms with Crippen LogP contribution in [0.2, 0.25) is 0 Å². The van der Waals surface area contributed by atoms with Crippen molar-refractivity contribution in [2.24, 2.45) is 0 Å². The molecule has 0 spiro atoms. The van der Waals surface area contributed by atoms with Gasteiger partial charge in [-0.25, -0.2) is 0 Å². The van der Waals surface area contributed by atoms with E-state index in [2.05, 4.69) is 12.1 Å². The second kappa shape index (κ2) is 6.66. The Morgan fingerprint density at radius 3 is 2.64 bits per heavy atom. The van der Waals surface area contributed by atoms with Crippen molar-refractivity contribution >= 4 is 16.6 Å². The number of carbonyl (C=O) groups is 1. The molecule has 0 radical (unpaired) electrons. The Balaban J connectivity index is 1.49. The molecule has 1 aliphatic heterocycles. The van der Waals surface area contributed by atoms with Crippen LogP contribution in [0.15, 0.2) is 89.9 Å². The molecular formula is C24H18O4. The van der Waals surface area contributed by atoms with E-state index in [0.717, 1.165) is 27.5 Å². The van der Waals surface area contributed by atoms with Crippen molar-refractivity contribution < 1.29 is 19.4 Å². The lowest BCUT2D eigenvalue weighted by atomic mass is 9.89. The highest BCUT2D eigenvalue weighted by atomic mass is 16.5. The normalized spacial score (nSPS) is 18.4. The van der Waals surface area contributed by atoms with Crippen LogP contribution in [0.1, 0.15) is 11.1 Å². The van der Waals surface area contributed by atoms with Gasteiger partial charge in [-0.1, -0.05) is 60.7 Å². The minimum absolute atomic E-state index is 0.243. The smallest absolute Gasteiger partial charge is 0.233 e. The number of aliphatic hydroxyl groups excluding tert-OH is 1. The number of ether oxygens (including phenoxy) is 2. The molecule has 0 aromatic heterocycles. The summed E-state index contributed by atoms with van der Waals surface area (Å²) in [6.45, 7) is 0.296. The van der Waals surface area contributed by atoms with E-state index in [1.54, 1.807) is 6.08 Å². The molecule has 4 heteroatoms. The van der Waals surface area contributed by atoms with Crippen molar-refractivity contribution in [2.45, 2.75) is 19.1 Å². The Hall–Kier alpha value is -3.37. The topological polar surface area (TPSA) is 55.8 Å². The predicted molar refractivity (Wildman–Crippen MR) is 106 cm³/mol. The Bertz CT molecular complexity index is 1140. The summed E-state index contributed by atoms with van der Waals surface area (Å²) in [5, 5.41) is 12.7. The van der Waals surface area contributed by atoms with Gasteiger partial charge < -0.3 is 14.6 Å². The average molecular weight is 370 g/mol. The molecule has 1 atom stereocenters. The number of benzene rings is 3. The number of hydrogen-bond donors (Lipinski definition) is 1. The lowest BCUT2D eigenvalue weighted by molar-refractivity contribution is -0.127. The summed E-state index contributed by atoms with van der Waals surface area (Å²) in [4.78, 5) is 12.6. The number of rotatable bonds is 3. The van der Waals surface area contributed by atoms with E-state index >= 15 is 0 Å². The molecule has 0 saturated carbocycles. The van der Waals surface area contributed by atoms with Crippen molar-refractivity contribution in [3.63, 3.8) is 0 Å². The lowest BCUT2D eigenvalue weighted by Crippen LogP contribution is -2.31. The molecule has 0 fully saturated rings. The quantitative estimate of drug-likeness (QED) is 0.730. The third-order valence-electron chi connectivity index (χ3n) is 5.20. The minimum Gasteiger partial charge on any atom is -0.502 e. The maximum Gasteiger partial charge on any atom is 0.233 e. The van der Waals surface area contributed by atoms with E-state index in [0.29, 0.717) is 18.8 Å². The molecule has 3 aromatic carbocycles. The molecule has 0 bridgehead atoms. The number of fused-ring (bicyclic) bond motifs is 4. The fourth-order valence-corrected chi connectivity index (χ4v) is 3.76. The summed E-state index contributed by atoms with van der Waals surface area (Å²) in [6.07, 6.45) is 1.53. The number of Topliss-reactive ketones (excluding diaryl/α,β-unsaturated/α-hetero) is 1. The van der Waals surface area contributed by atoms with Crippen LogP contribution >= 0.6 is 0 Å². The Kier molecular flexibility index (Phi) is 3.99. The van der Waals surface area contributed by atoms with Crippen LogP contribution in [0.3, 0.4) is 0 Å². The third-order valence-corrected chi connectivity index (χ3v) is 5.20. The highest BCUT2D eigenvalue weighted by molar-refractivity contribution is 6.01. The van der Waals surface area contributed by atoms with Crippen molar-refractivity contribution in [2.75, 3.05) is 0 Å². The van der Waals surface area contributed by atoms with Gasteiger partial charge in [-0.2, -0.15) is 0 Å². The van der Waals surface area contributed by atoms with Gasteiger partial charge in [-0.15, -0.1) is 0 Å². The van der Waals surface area contributed by atoms with Gasteiger partial charge in [0.15, 0.2) is 5.76 Å². The largest absolute Gasteiger partial charge is 0.502 e. The summed E-state index contributed by atoms with van der Waals surface area (Å²) in [5.41, 5.74) is 2.80. The van der Waals surface area contributed by atoms with Crippen LogP contribution < -0.4 is 4.74 Å². The maximum absolute atomic E-state index is 12.6. The van der Waals surface area contributed by atoms with Crippen molar-refractivity contribution in [1.29, 1.82) is 0 Å². The molecule has 1 unspecified atom stereocenters. The Labute approximate surface area is 162 Å². The first-order valence-corrected chi connectivity index (χ1v) is 9.23. The molecular weight excluding hydrogens is 352 g/mol. The monoisotopic (exact) mass is 370 g/mol. The van der Waals surface area contributed by atoms with Crippen LogP contribution in [0.5, 0.6) is 5.75 Å². The van der Waals surface area contributed by atoms with Gasteiger partial charge in [0.2, 0.25) is 11.5 Å². The zero-order valence-electron chi connectivity index (χ0n) is 15.1. The van der Waals surface area contributed by atoms with E-state index in [1.165, 1.54) is 0 Å². The number of aliphatic hydroxyl groups is 1. The molecule has 5 rings (SSSR count). The molecule has 0 saturated heterocycles. The van der Waals surface area contributed by atoms with Gasteiger partial charge >= 0.3 is 0 Å². The average Bonchev–Trinajstić information content (AvgIpc) is 2.75. The van der Waals surface area contributed by atoms with Gasteiger partial charge in [0.05, 0.1) is 6.61 Å². The summed E-state index contributed by atoms with van der Waals surface area (Å²) >= 11 is 0. The van der Waals surface area contributed by atoms with E-state index in [9.17, 15) is 9.90 Å². The number of hydrogen-bond acceptors (Lipinski definition) is 4.